The molecule has 6 nitrogen and oxygen atoms in total. The van der Waals surface area contributed by atoms with Crippen molar-refractivity contribution < 1.29 is 32.0 Å². The zero-order valence-corrected chi connectivity index (χ0v) is 18.0. The zero-order chi connectivity index (χ0) is 24.2. The number of hydrogen-bond donors (Lipinski definition) is 1. The number of halogens is 4. The van der Waals surface area contributed by atoms with E-state index in [0.717, 1.165) is 16.5 Å². The standard InChI is InChI=1S/C23H18ClF3N2O4/c1-14-4-6-15(7-5-14)21(31)22(32)29(12-17-3-2-10-33-17)13-20(30)28-16-8-9-19(24)18(11-16)23(25,26)27/h2-11H,12-13H2,1H3,(H,28,30). The highest BCUT2D eigenvalue weighted by molar-refractivity contribution is 6.42. The van der Waals surface area contributed by atoms with Crippen LogP contribution in [0.1, 0.15) is 27.2 Å². The molecule has 2 aromatic carbocycles. The van der Waals surface area contributed by atoms with Gasteiger partial charge in [0.2, 0.25) is 11.7 Å². The summed E-state index contributed by atoms with van der Waals surface area (Å²) in [5, 5.41) is 1.78. The molecule has 0 saturated heterocycles. The van der Waals surface area contributed by atoms with Crippen LogP contribution in [-0.4, -0.2) is 29.0 Å². The molecule has 1 aromatic heterocycles. The van der Waals surface area contributed by atoms with E-state index in [0.29, 0.717) is 11.8 Å². The van der Waals surface area contributed by atoms with Gasteiger partial charge >= 0.3 is 6.18 Å². The van der Waals surface area contributed by atoms with E-state index in [4.69, 9.17) is 16.0 Å². The summed E-state index contributed by atoms with van der Waals surface area (Å²) in [5.74, 6) is -2.28. The molecule has 2 amide bonds. The fourth-order valence-electron chi connectivity index (χ4n) is 2.96. The summed E-state index contributed by atoms with van der Waals surface area (Å²) in [6.45, 7) is 1.04. The fourth-order valence-corrected chi connectivity index (χ4v) is 3.18. The SMILES string of the molecule is Cc1ccc(C(=O)C(=O)N(CC(=O)Nc2ccc(Cl)c(C(F)(F)F)c2)Cc2ccco2)cc1. The van der Waals surface area contributed by atoms with E-state index < -0.39 is 40.9 Å². The van der Waals surface area contributed by atoms with Crippen LogP contribution in [0, 0.1) is 6.92 Å². The molecule has 0 spiro atoms. The van der Waals surface area contributed by atoms with Crippen LogP contribution in [0.3, 0.4) is 0 Å². The molecule has 1 N–H and O–H groups in total. The van der Waals surface area contributed by atoms with Gasteiger partial charge < -0.3 is 14.6 Å². The van der Waals surface area contributed by atoms with Crippen molar-refractivity contribution in [2.45, 2.75) is 19.6 Å². The highest BCUT2D eigenvalue weighted by Gasteiger charge is 2.33. The van der Waals surface area contributed by atoms with Gasteiger partial charge in [0, 0.05) is 11.3 Å². The van der Waals surface area contributed by atoms with Crippen LogP contribution < -0.4 is 5.32 Å². The highest BCUT2D eigenvalue weighted by atomic mass is 35.5. The average Bonchev–Trinajstić information content (AvgIpc) is 3.26. The molecule has 0 radical (unpaired) electrons. The number of alkyl halides is 3. The number of hydrogen-bond acceptors (Lipinski definition) is 4. The number of furan rings is 1. The Hall–Kier alpha value is -3.59. The van der Waals surface area contributed by atoms with Gasteiger partial charge in [0.05, 0.1) is 23.4 Å². The predicted molar refractivity (Wildman–Crippen MR) is 115 cm³/mol. The highest BCUT2D eigenvalue weighted by Crippen LogP contribution is 2.36. The van der Waals surface area contributed by atoms with Gasteiger partial charge in [-0.1, -0.05) is 41.4 Å². The maximum absolute atomic E-state index is 13.1. The first-order valence-corrected chi connectivity index (χ1v) is 10.0. The molecule has 0 aliphatic carbocycles. The Labute approximate surface area is 191 Å². The van der Waals surface area contributed by atoms with Crippen molar-refractivity contribution >= 4 is 34.9 Å². The lowest BCUT2D eigenvalue weighted by molar-refractivity contribution is -0.137. The van der Waals surface area contributed by atoms with Crippen molar-refractivity contribution in [3.05, 3.63) is 88.3 Å². The van der Waals surface area contributed by atoms with Crippen LogP contribution in [0.2, 0.25) is 5.02 Å². The molecule has 10 heteroatoms. The molecule has 3 rings (SSSR count). The molecule has 0 saturated carbocycles. The normalized spacial score (nSPS) is 11.2. The van der Waals surface area contributed by atoms with Gasteiger partial charge in [-0.15, -0.1) is 0 Å². The van der Waals surface area contributed by atoms with Gasteiger partial charge in [-0.2, -0.15) is 13.2 Å². The van der Waals surface area contributed by atoms with E-state index in [1.54, 1.807) is 24.3 Å². The molecule has 0 aliphatic heterocycles. The van der Waals surface area contributed by atoms with Gasteiger partial charge in [-0.25, -0.2) is 0 Å². The molecule has 0 aliphatic rings. The lowest BCUT2D eigenvalue weighted by Crippen LogP contribution is -2.41. The Bertz CT molecular complexity index is 1160. The van der Waals surface area contributed by atoms with Crippen molar-refractivity contribution in [3.63, 3.8) is 0 Å². The van der Waals surface area contributed by atoms with Gasteiger partial charge in [-0.3, -0.25) is 14.4 Å². The Kier molecular flexibility index (Phi) is 7.23. The third-order valence-corrected chi connectivity index (χ3v) is 4.94. The Morgan fingerprint density at radius 2 is 1.76 bits per heavy atom. The van der Waals surface area contributed by atoms with E-state index in [9.17, 15) is 27.6 Å². The van der Waals surface area contributed by atoms with Gasteiger partial charge in [0.1, 0.15) is 12.3 Å². The summed E-state index contributed by atoms with van der Waals surface area (Å²) >= 11 is 5.59. The first kappa shape index (κ1) is 24.1. The zero-order valence-electron chi connectivity index (χ0n) is 17.3. The van der Waals surface area contributed by atoms with Crippen LogP contribution in [-0.2, 0) is 22.3 Å². The Balaban J connectivity index is 1.79. The predicted octanol–water partition coefficient (Wildman–Crippen LogP) is 5.11. The van der Waals surface area contributed by atoms with Crippen molar-refractivity contribution in [1.29, 1.82) is 0 Å². The molecule has 0 unspecified atom stereocenters. The Morgan fingerprint density at radius 1 is 1.06 bits per heavy atom. The first-order chi connectivity index (χ1) is 15.5. The van der Waals surface area contributed by atoms with Gasteiger partial charge in [0.25, 0.3) is 5.91 Å². The van der Waals surface area contributed by atoms with E-state index in [1.165, 1.54) is 24.5 Å². The Morgan fingerprint density at radius 3 is 2.36 bits per heavy atom. The number of anilines is 1. The average molecular weight is 479 g/mol. The third kappa shape index (κ3) is 6.23. The molecule has 3 aromatic rings. The van der Waals surface area contributed by atoms with E-state index in [-0.39, 0.29) is 17.8 Å². The van der Waals surface area contributed by atoms with E-state index in [1.807, 2.05) is 6.92 Å². The van der Waals surface area contributed by atoms with Crippen molar-refractivity contribution in [2.24, 2.45) is 0 Å². The first-order valence-electron chi connectivity index (χ1n) is 9.64. The second-order valence-corrected chi connectivity index (χ2v) is 7.58. The summed E-state index contributed by atoms with van der Waals surface area (Å²) in [7, 11) is 0. The monoisotopic (exact) mass is 478 g/mol. The number of nitrogens with zero attached hydrogens (tertiary/aromatic N) is 1. The molecule has 0 atom stereocenters. The molecule has 1 heterocycles. The molecular formula is C23H18ClF3N2O4. The van der Waals surface area contributed by atoms with Crippen LogP contribution in [0.25, 0.3) is 0 Å². The lowest BCUT2D eigenvalue weighted by atomic mass is 10.1. The second kappa shape index (κ2) is 9.91. The van der Waals surface area contributed by atoms with Gasteiger partial charge in [-0.05, 0) is 37.3 Å². The topological polar surface area (TPSA) is 79.6 Å². The number of ketones is 1. The molecule has 0 bridgehead atoms. The van der Waals surface area contributed by atoms with E-state index in [2.05, 4.69) is 5.32 Å². The summed E-state index contributed by atoms with van der Waals surface area (Å²) in [4.78, 5) is 39.0. The molecule has 0 fully saturated rings. The maximum Gasteiger partial charge on any atom is 0.417 e. The fraction of sp³-hybridized carbons (Fsp3) is 0.174. The number of amides is 2. The molecule has 172 valence electrons. The van der Waals surface area contributed by atoms with Crippen LogP contribution in [0.15, 0.2) is 65.3 Å². The molecular weight excluding hydrogens is 461 g/mol. The summed E-state index contributed by atoms with van der Waals surface area (Å²) in [5.41, 5.74) is -0.234. The minimum atomic E-state index is -4.71. The second-order valence-electron chi connectivity index (χ2n) is 7.18. The van der Waals surface area contributed by atoms with Crippen LogP contribution in [0.4, 0.5) is 18.9 Å². The minimum absolute atomic E-state index is 0.142. The number of carbonyl (C=O) groups is 3. The van der Waals surface area contributed by atoms with Crippen LogP contribution in [0.5, 0.6) is 0 Å². The summed E-state index contributed by atoms with van der Waals surface area (Å²) in [6.07, 6.45) is -3.34. The van der Waals surface area contributed by atoms with Crippen LogP contribution >= 0.6 is 11.6 Å². The quantitative estimate of drug-likeness (QED) is 0.378. The van der Waals surface area contributed by atoms with Gasteiger partial charge in [0.15, 0.2) is 0 Å². The minimum Gasteiger partial charge on any atom is -0.467 e. The molecule has 33 heavy (non-hydrogen) atoms. The van der Waals surface area contributed by atoms with E-state index >= 15 is 0 Å². The van der Waals surface area contributed by atoms with Crippen molar-refractivity contribution in [1.82, 2.24) is 4.90 Å². The summed E-state index contributed by atoms with van der Waals surface area (Å²) in [6, 6.07) is 12.4. The number of benzene rings is 2. The largest absolute Gasteiger partial charge is 0.467 e. The van der Waals surface area contributed by atoms with Crippen molar-refractivity contribution in [2.75, 3.05) is 11.9 Å². The smallest absolute Gasteiger partial charge is 0.417 e. The number of carbonyl (C=O) groups excluding carboxylic acids is 3. The van der Waals surface area contributed by atoms with Crippen molar-refractivity contribution in [3.8, 4) is 0 Å². The number of rotatable bonds is 7. The number of nitrogens with one attached hydrogen (secondary N) is 1. The summed E-state index contributed by atoms with van der Waals surface area (Å²) < 4.78 is 44.4. The third-order valence-electron chi connectivity index (χ3n) is 4.61. The number of aryl methyl sites for hydroxylation is 1. The maximum atomic E-state index is 13.1. The number of Topliss-reactive ketones (excluding diaryl/α,β-unsaturated/α-hetero) is 1. The lowest BCUT2D eigenvalue weighted by Gasteiger charge is -2.21.